The van der Waals surface area contributed by atoms with Crippen molar-refractivity contribution in [1.82, 2.24) is 4.98 Å². The summed E-state index contributed by atoms with van der Waals surface area (Å²) in [6, 6.07) is 5.64. The van der Waals surface area contributed by atoms with Crippen LogP contribution in [-0.2, 0) is 11.2 Å². The molecule has 1 heterocycles. The summed E-state index contributed by atoms with van der Waals surface area (Å²) in [4.78, 5) is 14.9. The van der Waals surface area contributed by atoms with Gasteiger partial charge in [-0.1, -0.05) is 19.4 Å². The molecule has 0 aliphatic heterocycles. The third kappa shape index (κ3) is 4.53. The van der Waals surface area contributed by atoms with Crippen molar-refractivity contribution in [3.8, 4) is 0 Å². The molecule has 1 rings (SSSR count). The van der Waals surface area contributed by atoms with Crippen molar-refractivity contribution in [3.05, 3.63) is 30.1 Å². The van der Waals surface area contributed by atoms with Crippen LogP contribution in [0.5, 0.6) is 0 Å². The van der Waals surface area contributed by atoms with Gasteiger partial charge >= 0.3 is 0 Å². The molecule has 1 aromatic heterocycles. The van der Waals surface area contributed by atoms with Gasteiger partial charge in [0.2, 0.25) is 0 Å². The minimum Gasteiger partial charge on any atom is -0.393 e. The Bertz CT molecular complexity index is 300. The Morgan fingerprint density at radius 2 is 2.31 bits per heavy atom. The van der Waals surface area contributed by atoms with Gasteiger partial charge in [0.1, 0.15) is 6.29 Å². The summed E-state index contributed by atoms with van der Waals surface area (Å²) in [5.74, 6) is -0.0243. The van der Waals surface area contributed by atoms with Gasteiger partial charge in [-0.25, -0.2) is 0 Å². The Hall–Kier alpha value is -1.22. The van der Waals surface area contributed by atoms with Crippen molar-refractivity contribution >= 4 is 6.29 Å². The number of aliphatic hydroxyl groups excluding tert-OH is 1. The molecule has 0 fully saturated rings. The highest BCUT2D eigenvalue weighted by molar-refractivity contribution is 5.53. The second-order valence-corrected chi connectivity index (χ2v) is 4.10. The van der Waals surface area contributed by atoms with Gasteiger partial charge in [-0.2, -0.15) is 0 Å². The molecule has 3 nitrogen and oxygen atoms in total. The summed E-state index contributed by atoms with van der Waals surface area (Å²) in [7, 11) is 0. The SMILES string of the molecule is CCCC(C=O)CC(O)Cc1ccccn1. The first kappa shape index (κ1) is 12.8. The molecule has 0 spiro atoms. The number of rotatable bonds is 7. The Kier molecular flexibility index (Phi) is 5.72. The van der Waals surface area contributed by atoms with Crippen molar-refractivity contribution in [2.45, 2.75) is 38.7 Å². The van der Waals surface area contributed by atoms with Gasteiger partial charge in [-0.05, 0) is 25.0 Å². The third-order valence-electron chi connectivity index (χ3n) is 2.60. The van der Waals surface area contributed by atoms with E-state index in [4.69, 9.17) is 0 Å². The lowest BCUT2D eigenvalue weighted by Crippen LogP contribution is -2.17. The van der Waals surface area contributed by atoms with Crippen LogP contribution in [0.15, 0.2) is 24.4 Å². The van der Waals surface area contributed by atoms with Gasteiger partial charge in [0.25, 0.3) is 0 Å². The molecule has 0 radical (unpaired) electrons. The van der Waals surface area contributed by atoms with Gasteiger partial charge in [-0.15, -0.1) is 0 Å². The Morgan fingerprint density at radius 1 is 1.50 bits per heavy atom. The molecule has 0 aliphatic carbocycles. The fourth-order valence-corrected chi connectivity index (χ4v) is 1.81. The number of aldehydes is 1. The van der Waals surface area contributed by atoms with Gasteiger partial charge in [-0.3, -0.25) is 4.98 Å². The van der Waals surface area contributed by atoms with Gasteiger partial charge in [0.15, 0.2) is 0 Å². The third-order valence-corrected chi connectivity index (χ3v) is 2.60. The van der Waals surface area contributed by atoms with Crippen LogP contribution < -0.4 is 0 Å². The first-order chi connectivity index (χ1) is 7.76. The number of aliphatic hydroxyl groups is 1. The van der Waals surface area contributed by atoms with E-state index in [1.165, 1.54) is 0 Å². The van der Waals surface area contributed by atoms with Crippen molar-refractivity contribution in [3.63, 3.8) is 0 Å². The molecule has 16 heavy (non-hydrogen) atoms. The Balaban J connectivity index is 2.40. The van der Waals surface area contributed by atoms with E-state index in [0.717, 1.165) is 24.8 Å². The fraction of sp³-hybridized carbons (Fsp3) is 0.538. The summed E-state index contributed by atoms with van der Waals surface area (Å²) in [6.45, 7) is 2.04. The fourth-order valence-electron chi connectivity index (χ4n) is 1.81. The lowest BCUT2D eigenvalue weighted by atomic mass is 9.96. The molecule has 88 valence electrons. The minimum absolute atomic E-state index is 0.0243. The largest absolute Gasteiger partial charge is 0.393 e. The maximum absolute atomic E-state index is 10.8. The topological polar surface area (TPSA) is 50.2 Å². The van der Waals surface area contributed by atoms with E-state index in [2.05, 4.69) is 4.98 Å². The molecule has 3 heteroatoms. The molecular formula is C13H19NO2. The maximum Gasteiger partial charge on any atom is 0.123 e. The lowest BCUT2D eigenvalue weighted by Gasteiger charge is -2.14. The summed E-state index contributed by atoms with van der Waals surface area (Å²) in [5.41, 5.74) is 0.871. The highest BCUT2D eigenvalue weighted by atomic mass is 16.3. The van der Waals surface area contributed by atoms with Crippen LogP contribution in [0.3, 0.4) is 0 Å². The van der Waals surface area contributed by atoms with Crippen LogP contribution >= 0.6 is 0 Å². The number of hydrogen-bond acceptors (Lipinski definition) is 3. The van der Waals surface area contributed by atoms with Crippen LogP contribution in [0.25, 0.3) is 0 Å². The zero-order valence-corrected chi connectivity index (χ0v) is 9.67. The average molecular weight is 221 g/mol. The van der Waals surface area contributed by atoms with Crippen molar-refractivity contribution in [2.75, 3.05) is 0 Å². The highest BCUT2D eigenvalue weighted by Gasteiger charge is 2.13. The van der Waals surface area contributed by atoms with E-state index in [1.54, 1.807) is 6.20 Å². The standard InChI is InChI=1S/C13H19NO2/c1-2-5-11(10-15)8-13(16)9-12-6-3-4-7-14-12/h3-4,6-7,10-11,13,16H,2,5,8-9H2,1H3. The Labute approximate surface area is 96.5 Å². The van der Waals surface area contributed by atoms with Gasteiger partial charge in [0, 0.05) is 24.2 Å². The molecule has 0 saturated carbocycles. The molecule has 0 amide bonds. The van der Waals surface area contributed by atoms with E-state index in [9.17, 15) is 9.90 Å². The zero-order valence-electron chi connectivity index (χ0n) is 9.67. The molecule has 2 atom stereocenters. The summed E-state index contributed by atoms with van der Waals surface area (Å²) < 4.78 is 0. The molecule has 0 saturated heterocycles. The van der Waals surface area contributed by atoms with E-state index in [1.807, 2.05) is 25.1 Å². The first-order valence-electron chi connectivity index (χ1n) is 5.79. The summed E-state index contributed by atoms with van der Waals surface area (Å²) in [6.07, 6.45) is 5.07. The normalized spacial score (nSPS) is 14.4. The number of carbonyl (C=O) groups is 1. The van der Waals surface area contributed by atoms with Crippen LogP contribution in [0.2, 0.25) is 0 Å². The van der Waals surface area contributed by atoms with E-state index in [-0.39, 0.29) is 5.92 Å². The summed E-state index contributed by atoms with van der Waals surface area (Å²) >= 11 is 0. The highest BCUT2D eigenvalue weighted by Crippen LogP contribution is 2.13. The van der Waals surface area contributed by atoms with Gasteiger partial charge in [0.05, 0.1) is 6.10 Å². The average Bonchev–Trinajstić information content (AvgIpc) is 2.29. The molecule has 0 aromatic carbocycles. The van der Waals surface area contributed by atoms with Crippen LogP contribution in [-0.4, -0.2) is 22.5 Å². The minimum atomic E-state index is -0.475. The lowest BCUT2D eigenvalue weighted by molar-refractivity contribution is -0.112. The van der Waals surface area contributed by atoms with E-state index >= 15 is 0 Å². The first-order valence-corrected chi connectivity index (χ1v) is 5.79. The monoisotopic (exact) mass is 221 g/mol. The molecule has 0 aliphatic rings. The second-order valence-electron chi connectivity index (χ2n) is 4.10. The van der Waals surface area contributed by atoms with Crippen LogP contribution in [0, 0.1) is 5.92 Å². The van der Waals surface area contributed by atoms with Crippen molar-refractivity contribution in [1.29, 1.82) is 0 Å². The van der Waals surface area contributed by atoms with Gasteiger partial charge < -0.3 is 9.90 Å². The van der Waals surface area contributed by atoms with E-state index < -0.39 is 6.10 Å². The Morgan fingerprint density at radius 3 is 2.88 bits per heavy atom. The molecule has 0 bridgehead atoms. The van der Waals surface area contributed by atoms with Crippen LogP contribution in [0.1, 0.15) is 31.9 Å². The zero-order chi connectivity index (χ0) is 11.8. The molecule has 1 N–H and O–H groups in total. The quantitative estimate of drug-likeness (QED) is 0.716. The number of nitrogens with zero attached hydrogens (tertiary/aromatic N) is 1. The predicted octanol–water partition coefficient (Wildman–Crippen LogP) is 1.99. The molecule has 2 unspecified atom stereocenters. The number of pyridine rings is 1. The van der Waals surface area contributed by atoms with Crippen molar-refractivity contribution < 1.29 is 9.90 Å². The second kappa shape index (κ2) is 7.12. The predicted molar refractivity (Wildman–Crippen MR) is 63.0 cm³/mol. The number of carbonyl (C=O) groups excluding carboxylic acids is 1. The smallest absolute Gasteiger partial charge is 0.123 e. The van der Waals surface area contributed by atoms with Crippen LogP contribution in [0.4, 0.5) is 0 Å². The molecule has 1 aromatic rings. The number of aromatic nitrogens is 1. The molecular weight excluding hydrogens is 202 g/mol. The van der Waals surface area contributed by atoms with E-state index in [0.29, 0.717) is 12.8 Å². The summed E-state index contributed by atoms with van der Waals surface area (Å²) in [5, 5.41) is 9.83. The van der Waals surface area contributed by atoms with Crippen molar-refractivity contribution in [2.24, 2.45) is 5.92 Å². The maximum atomic E-state index is 10.8. The number of hydrogen-bond donors (Lipinski definition) is 1.